The van der Waals surface area contributed by atoms with Crippen molar-refractivity contribution in [3.8, 4) is 0 Å². The fourth-order valence-corrected chi connectivity index (χ4v) is 3.13. The Kier molecular flexibility index (Phi) is 5.06. The lowest BCUT2D eigenvalue weighted by Gasteiger charge is -2.29. The number of rotatable bonds is 3. The third-order valence-corrected chi connectivity index (χ3v) is 4.53. The Balaban J connectivity index is 1.98. The van der Waals surface area contributed by atoms with Crippen LogP contribution in [0.4, 0.5) is 0 Å². The molecule has 118 valence electrons. The van der Waals surface area contributed by atoms with Crippen LogP contribution in [-0.4, -0.2) is 23.9 Å². The molecule has 0 aliphatic carbocycles. The van der Waals surface area contributed by atoms with Crippen molar-refractivity contribution in [2.75, 3.05) is 13.1 Å². The van der Waals surface area contributed by atoms with Crippen LogP contribution in [0.5, 0.6) is 0 Å². The zero-order valence-corrected chi connectivity index (χ0v) is 13.3. The molecule has 1 aromatic heterocycles. The average molecular weight is 293 g/mol. The van der Waals surface area contributed by atoms with Crippen LogP contribution >= 0.6 is 0 Å². The largest absolute Gasteiger partial charge is 0.467 e. The molecule has 2 heterocycles. The molecule has 3 N–H and O–H groups in total. The number of likely N-dealkylation sites (tertiary alicyclic amines) is 1. The summed E-state index contributed by atoms with van der Waals surface area (Å²) in [6, 6.07) is 1.67. The molecule has 1 amide bonds. The third kappa shape index (κ3) is 4.08. The molecule has 2 rings (SSSR count). The van der Waals surface area contributed by atoms with Crippen LogP contribution in [0.25, 0.3) is 0 Å². The van der Waals surface area contributed by atoms with Gasteiger partial charge in [-0.3, -0.25) is 15.1 Å². The van der Waals surface area contributed by atoms with E-state index in [4.69, 9.17) is 10.3 Å². The molecule has 5 heteroatoms. The molecule has 0 saturated carbocycles. The third-order valence-electron chi connectivity index (χ3n) is 4.53. The molecular weight excluding hydrogens is 266 g/mol. The predicted molar refractivity (Wildman–Crippen MR) is 82.4 cm³/mol. The average Bonchev–Trinajstić information content (AvgIpc) is 2.73. The van der Waals surface area contributed by atoms with Gasteiger partial charge in [0.05, 0.1) is 18.4 Å². The molecule has 1 fully saturated rings. The first-order chi connectivity index (χ1) is 9.91. The van der Waals surface area contributed by atoms with Gasteiger partial charge < -0.3 is 4.42 Å². The Bertz CT molecular complexity index is 476. The van der Waals surface area contributed by atoms with Gasteiger partial charge in [-0.2, -0.15) is 0 Å². The predicted octanol–water partition coefficient (Wildman–Crippen LogP) is 2.53. The first kappa shape index (κ1) is 16.0. The van der Waals surface area contributed by atoms with Gasteiger partial charge in [-0.25, -0.2) is 5.84 Å². The molecule has 1 aromatic rings. The monoisotopic (exact) mass is 293 g/mol. The van der Waals surface area contributed by atoms with Gasteiger partial charge in [-0.05, 0) is 49.8 Å². The van der Waals surface area contributed by atoms with Gasteiger partial charge in [0.1, 0.15) is 5.76 Å². The maximum Gasteiger partial charge on any atom is 0.268 e. The highest BCUT2D eigenvalue weighted by molar-refractivity contribution is 5.94. The first-order valence-corrected chi connectivity index (χ1v) is 7.71. The van der Waals surface area contributed by atoms with Crippen LogP contribution in [0.1, 0.15) is 56.2 Å². The fraction of sp³-hybridized carbons (Fsp3) is 0.688. The topological polar surface area (TPSA) is 71.5 Å². The second kappa shape index (κ2) is 6.62. The van der Waals surface area contributed by atoms with E-state index in [0.717, 1.165) is 19.0 Å². The Morgan fingerprint density at radius 3 is 2.86 bits per heavy atom. The number of carbonyl (C=O) groups excluding carboxylic acids is 1. The van der Waals surface area contributed by atoms with Crippen LogP contribution in [0.2, 0.25) is 0 Å². The molecule has 0 radical (unpaired) electrons. The van der Waals surface area contributed by atoms with E-state index in [1.165, 1.54) is 19.3 Å². The highest BCUT2D eigenvalue weighted by Crippen LogP contribution is 2.34. The minimum Gasteiger partial charge on any atom is -0.467 e. The molecule has 1 saturated heterocycles. The van der Waals surface area contributed by atoms with Gasteiger partial charge in [-0.1, -0.05) is 20.8 Å². The minimum atomic E-state index is -0.291. The van der Waals surface area contributed by atoms with Crippen molar-refractivity contribution in [2.45, 2.75) is 46.6 Å². The number of hydrazine groups is 1. The lowest BCUT2D eigenvalue weighted by molar-refractivity contribution is 0.0949. The van der Waals surface area contributed by atoms with Crippen molar-refractivity contribution in [3.05, 3.63) is 23.7 Å². The summed E-state index contributed by atoms with van der Waals surface area (Å²) in [5.41, 5.74) is 3.07. The normalized spacial score (nSPS) is 21.0. The Morgan fingerprint density at radius 2 is 2.19 bits per heavy atom. The molecule has 1 aliphatic heterocycles. The Morgan fingerprint density at radius 1 is 1.43 bits per heavy atom. The number of carbonyl (C=O) groups is 1. The van der Waals surface area contributed by atoms with Crippen LogP contribution in [0.15, 0.2) is 16.7 Å². The molecule has 1 atom stereocenters. The molecule has 0 spiro atoms. The van der Waals surface area contributed by atoms with Crippen molar-refractivity contribution < 1.29 is 9.21 Å². The number of hydrogen-bond donors (Lipinski definition) is 2. The summed E-state index contributed by atoms with van der Waals surface area (Å²) in [6.45, 7) is 9.74. The molecule has 5 nitrogen and oxygen atoms in total. The smallest absolute Gasteiger partial charge is 0.268 e. The molecular formula is C16H27N3O2. The zero-order chi connectivity index (χ0) is 15.5. The van der Waals surface area contributed by atoms with Crippen LogP contribution in [0.3, 0.4) is 0 Å². The lowest BCUT2D eigenvalue weighted by atomic mass is 9.77. The second-order valence-corrected chi connectivity index (χ2v) is 7.00. The van der Waals surface area contributed by atoms with E-state index < -0.39 is 0 Å². The molecule has 0 bridgehead atoms. The minimum absolute atomic E-state index is 0.291. The Hall–Kier alpha value is -1.33. The maximum atomic E-state index is 11.7. The lowest BCUT2D eigenvalue weighted by Crippen LogP contribution is -2.31. The quantitative estimate of drug-likeness (QED) is 0.510. The number of nitrogens with zero attached hydrogens (tertiary/aromatic N) is 1. The zero-order valence-electron chi connectivity index (χ0n) is 13.3. The number of amides is 1. The first-order valence-electron chi connectivity index (χ1n) is 7.71. The van der Waals surface area contributed by atoms with Gasteiger partial charge in [0.15, 0.2) is 0 Å². The van der Waals surface area contributed by atoms with Crippen molar-refractivity contribution in [1.82, 2.24) is 10.3 Å². The van der Waals surface area contributed by atoms with Crippen molar-refractivity contribution in [2.24, 2.45) is 17.2 Å². The van der Waals surface area contributed by atoms with Gasteiger partial charge >= 0.3 is 0 Å². The molecule has 1 aliphatic rings. The van der Waals surface area contributed by atoms with E-state index in [-0.39, 0.29) is 5.91 Å². The molecule has 21 heavy (non-hydrogen) atoms. The summed E-state index contributed by atoms with van der Waals surface area (Å²) in [6.07, 6.45) is 5.22. The van der Waals surface area contributed by atoms with Gasteiger partial charge in [0.25, 0.3) is 5.91 Å². The van der Waals surface area contributed by atoms with E-state index in [0.29, 0.717) is 23.3 Å². The number of nitrogens with two attached hydrogens (primary N) is 1. The highest BCUT2D eigenvalue weighted by atomic mass is 16.3. The van der Waals surface area contributed by atoms with Crippen molar-refractivity contribution in [1.29, 1.82) is 0 Å². The van der Waals surface area contributed by atoms with E-state index in [9.17, 15) is 4.79 Å². The number of furan rings is 1. The van der Waals surface area contributed by atoms with E-state index >= 15 is 0 Å². The van der Waals surface area contributed by atoms with Gasteiger partial charge in [0.2, 0.25) is 0 Å². The SMILES string of the molecule is CC(C)(C)C1CCCN(Cc2occc2C(=O)NN)CC1. The summed E-state index contributed by atoms with van der Waals surface area (Å²) in [5, 5.41) is 0. The van der Waals surface area contributed by atoms with Crippen LogP contribution < -0.4 is 11.3 Å². The summed E-state index contributed by atoms with van der Waals surface area (Å²) in [4.78, 5) is 14.0. The fourth-order valence-electron chi connectivity index (χ4n) is 3.13. The van der Waals surface area contributed by atoms with Crippen molar-refractivity contribution in [3.63, 3.8) is 0 Å². The molecule has 0 aromatic carbocycles. The summed E-state index contributed by atoms with van der Waals surface area (Å²) in [7, 11) is 0. The number of nitrogen functional groups attached to an aromatic ring is 1. The summed E-state index contributed by atoms with van der Waals surface area (Å²) >= 11 is 0. The van der Waals surface area contributed by atoms with Crippen molar-refractivity contribution >= 4 is 5.91 Å². The Labute approximate surface area is 126 Å². The number of hydrogen-bond acceptors (Lipinski definition) is 4. The van der Waals surface area contributed by atoms with Gasteiger partial charge in [0, 0.05) is 0 Å². The summed E-state index contributed by atoms with van der Waals surface area (Å²) in [5.74, 6) is 6.37. The maximum absolute atomic E-state index is 11.7. The van der Waals surface area contributed by atoms with Crippen LogP contribution in [0, 0.1) is 11.3 Å². The van der Waals surface area contributed by atoms with E-state index in [1.807, 2.05) is 0 Å². The highest BCUT2D eigenvalue weighted by Gasteiger charge is 2.27. The number of nitrogens with one attached hydrogen (secondary N) is 1. The second-order valence-electron chi connectivity index (χ2n) is 7.00. The van der Waals surface area contributed by atoms with Crippen LogP contribution in [-0.2, 0) is 6.54 Å². The van der Waals surface area contributed by atoms with Gasteiger partial charge in [-0.15, -0.1) is 0 Å². The standard InChI is InChI=1S/C16H27N3O2/c1-16(2,3)12-5-4-8-19(9-6-12)11-14-13(7-10-21-14)15(20)18-17/h7,10,12H,4-6,8-9,11,17H2,1-3H3,(H,18,20). The summed E-state index contributed by atoms with van der Waals surface area (Å²) < 4.78 is 5.47. The van der Waals surface area contributed by atoms with E-state index in [1.54, 1.807) is 12.3 Å². The van der Waals surface area contributed by atoms with E-state index in [2.05, 4.69) is 31.1 Å². The molecule has 1 unspecified atom stereocenters.